The maximum atomic E-state index is 5.88. The Labute approximate surface area is 177 Å². The Hall–Kier alpha value is -3.56. The first-order valence-electron chi connectivity index (χ1n) is 9.15. The zero-order valence-corrected chi connectivity index (χ0v) is 16.6. The molecule has 0 bridgehead atoms. The van der Waals surface area contributed by atoms with Crippen molar-refractivity contribution >= 4 is 40.8 Å². The number of anilines is 2. The van der Waals surface area contributed by atoms with Crippen molar-refractivity contribution in [3.63, 3.8) is 0 Å². The van der Waals surface area contributed by atoms with Gasteiger partial charge in [-0.15, -0.1) is 12.4 Å². The average Bonchev–Trinajstić information content (AvgIpc) is 2.73. The first kappa shape index (κ1) is 20.2. The quantitative estimate of drug-likeness (QED) is 0.532. The predicted octanol–water partition coefficient (Wildman–Crippen LogP) is 5.97. The number of nitrogens with zero attached hydrogens (tertiary/aromatic N) is 1. The molecule has 0 aromatic heterocycles. The molecule has 4 N–H and O–H groups in total. The van der Waals surface area contributed by atoms with E-state index in [4.69, 9.17) is 11.5 Å². The molecule has 4 heteroatoms. The van der Waals surface area contributed by atoms with Crippen LogP contribution in [0.25, 0.3) is 5.57 Å². The van der Waals surface area contributed by atoms with Crippen molar-refractivity contribution in [1.29, 1.82) is 0 Å². The van der Waals surface area contributed by atoms with Gasteiger partial charge in [-0.2, -0.15) is 0 Å². The number of halogens is 1. The molecule has 0 spiro atoms. The zero-order valence-electron chi connectivity index (χ0n) is 15.8. The Morgan fingerprint density at radius 3 is 1.55 bits per heavy atom. The van der Waals surface area contributed by atoms with Gasteiger partial charge in [0.15, 0.2) is 0 Å². The lowest BCUT2D eigenvalue weighted by Crippen LogP contribution is -1.98. The molecular weight excluding hydrogens is 378 g/mol. The van der Waals surface area contributed by atoms with E-state index in [1.165, 1.54) is 0 Å². The van der Waals surface area contributed by atoms with Gasteiger partial charge in [-0.05, 0) is 70.8 Å². The lowest BCUT2D eigenvalue weighted by atomic mass is 9.90. The minimum Gasteiger partial charge on any atom is -0.399 e. The standard InChI is InChI=1S/C25H21N3.ClH/c26-21-12-6-18(7-13-21)25(19-8-14-22(27)15-9-19)20-10-16-24(17-11-20)28-23-4-2-1-3-5-23;/h1-17H,26-27H2;1H. The number of benzene rings is 3. The van der Waals surface area contributed by atoms with E-state index in [0.29, 0.717) is 0 Å². The van der Waals surface area contributed by atoms with Gasteiger partial charge < -0.3 is 11.5 Å². The highest BCUT2D eigenvalue weighted by atomic mass is 35.5. The Morgan fingerprint density at radius 1 is 0.586 bits per heavy atom. The molecule has 0 saturated heterocycles. The SMILES string of the molecule is Cl.Nc1ccc(C(=C2C=CC(=Nc3ccccc3)C=C2)c2ccc(N)cc2)cc1. The van der Waals surface area contributed by atoms with Crippen LogP contribution in [0.5, 0.6) is 0 Å². The number of rotatable bonds is 3. The van der Waals surface area contributed by atoms with E-state index in [-0.39, 0.29) is 12.4 Å². The van der Waals surface area contributed by atoms with Crippen molar-refractivity contribution in [2.45, 2.75) is 0 Å². The molecule has 3 aromatic carbocycles. The lowest BCUT2D eigenvalue weighted by molar-refractivity contribution is 1.49. The van der Waals surface area contributed by atoms with Gasteiger partial charge in [-0.1, -0.05) is 54.6 Å². The number of para-hydroxylation sites is 1. The Morgan fingerprint density at radius 2 is 1.07 bits per heavy atom. The third kappa shape index (κ3) is 4.84. The highest BCUT2D eigenvalue weighted by Gasteiger charge is 2.11. The van der Waals surface area contributed by atoms with Crippen molar-refractivity contribution in [2.75, 3.05) is 11.5 Å². The molecular formula is C25H22ClN3. The third-order valence-corrected chi connectivity index (χ3v) is 4.57. The molecule has 144 valence electrons. The van der Waals surface area contributed by atoms with Gasteiger partial charge in [0.25, 0.3) is 0 Å². The molecule has 1 aliphatic carbocycles. The highest BCUT2D eigenvalue weighted by Crippen LogP contribution is 2.30. The number of hydrogen-bond acceptors (Lipinski definition) is 3. The Balaban J connectivity index is 0.00000240. The summed E-state index contributed by atoms with van der Waals surface area (Å²) < 4.78 is 0. The van der Waals surface area contributed by atoms with E-state index in [1.807, 2.05) is 91.0 Å². The van der Waals surface area contributed by atoms with E-state index >= 15 is 0 Å². The lowest BCUT2D eigenvalue weighted by Gasteiger charge is -2.14. The Bertz CT molecular complexity index is 1030. The van der Waals surface area contributed by atoms with E-state index in [2.05, 4.69) is 17.1 Å². The molecule has 0 atom stereocenters. The fourth-order valence-electron chi connectivity index (χ4n) is 3.15. The number of aliphatic imine (C=N–C) groups is 1. The van der Waals surface area contributed by atoms with Gasteiger partial charge in [0.2, 0.25) is 0 Å². The fraction of sp³-hybridized carbons (Fsp3) is 0. The van der Waals surface area contributed by atoms with Gasteiger partial charge in [0, 0.05) is 11.4 Å². The topological polar surface area (TPSA) is 64.4 Å². The summed E-state index contributed by atoms with van der Waals surface area (Å²) in [6.45, 7) is 0. The summed E-state index contributed by atoms with van der Waals surface area (Å²) >= 11 is 0. The first-order valence-corrected chi connectivity index (χ1v) is 9.15. The van der Waals surface area contributed by atoms with Crippen molar-refractivity contribution in [3.8, 4) is 0 Å². The molecule has 4 rings (SSSR count). The predicted molar refractivity (Wildman–Crippen MR) is 127 cm³/mol. The monoisotopic (exact) mass is 399 g/mol. The fourth-order valence-corrected chi connectivity index (χ4v) is 3.15. The van der Waals surface area contributed by atoms with E-state index in [0.717, 1.165) is 45.0 Å². The summed E-state index contributed by atoms with van der Waals surface area (Å²) in [5.41, 5.74) is 19.6. The largest absolute Gasteiger partial charge is 0.399 e. The van der Waals surface area contributed by atoms with Gasteiger partial charge in [0.05, 0.1) is 11.4 Å². The van der Waals surface area contributed by atoms with Crippen LogP contribution in [0.15, 0.2) is 114 Å². The van der Waals surface area contributed by atoms with E-state index < -0.39 is 0 Å². The minimum absolute atomic E-state index is 0. The van der Waals surface area contributed by atoms with Crippen LogP contribution in [0.1, 0.15) is 11.1 Å². The summed E-state index contributed by atoms with van der Waals surface area (Å²) in [5.74, 6) is 0. The molecule has 0 unspecified atom stereocenters. The van der Waals surface area contributed by atoms with Crippen LogP contribution in [-0.4, -0.2) is 5.71 Å². The molecule has 0 aliphatic heterocycles. The molecule has 0 fully saturated rings. The summed E-state index contributed by atoms with van der Waals surface area (Å²) in [5, 5.41) is 0. The highest BCUT2D eigenvalue weighted by molar-refractivity contribution is 6.08. The average molecular weight is 400 g/mol. The minimum atomic E-state index is 0. The van der Waals surface area contributed by atoms with E-state index in [1.54, 1.807) is 0 Å². The zero-order chi connectivity index (χ0) is 19.3. The summed E-state index contributed by atoms with van der Waals surface area (Å²) in [4.78, 5) is 4.67. The van der Waals surface area contributed by atoms with E-state index in [9.17, 15) is 0 Å². The molecule has 0 saturated carbocycles. The molecule has 0 amide bonds. The normalized spacial score (nSPS) is 12.4. The molecule has 29 heavy (non-hydrogen) atoms. The second-order valence-electron chi connectivity index (χ2n) is 6.61. The smallest absolute Gasteiger partial charge is 0.0637 e. The van der Waals surface area contributed by atoms with Crippen LogP contribution in [0, 0.1) is 0 Å². The number of allylic oxidation sites excluding steroid dienone is 5. The van der Waals surface area contributed by atoms with Crippen molar-refractivity contribution in [2.24, 2.45) is 4.99 Å². The number of hydrogen-bond donors (Lipinski definition) is 2. The summed E-state index contributed by atoms with van der Waals surface area (Å²) in [6.07, 6.45) is 8.28. The van der Waals surface area contributed by atoms with Crippen LogP contribution < -0.4 is 11.5 Å². The third-order valence-electron chi connectivity index (χ3n) is 4.57. The van der Waals surface area contributed by atoms with Gasteiger partial charge in [0.1, 0.15) is 0 Å². The van der Waals surface area contributed by atoms with Crippen molar-refractivity contribution in [1.82, 2.24) is 0 Å². The number of nitrogen functional groups attached to an aromatic ring is 2. The van der Waals surface area contributed by atoms with Crippen LogP contribution >= 0.6 is 12.4 Å². The summed E-state index contributed by atoms with van der Waals surface area (Å²) in [6, 6.07) is 25.8. The maximum Gasteiger partial charge on any atom is 0.0637 e. The van der Waals surface area contributed by atoms with Gasteiger partial charge >= 0.3 is 0 Å². The first-order chi connectivity index (χ1) is 13.7. The molecule has 3 aromatic rings. The second kappa shape index (κ2) is 9.09. The maximum absolute atomic E-state index is 5.88. The molecule has 3 nitrogen and oxygen atoms in total. The summed E-state index contributed by atoms with van der Waals surface area (Å²) in [7, 11) is 0. The molecule has 0 radical (unpaired) electrons. The Kier molecular flexibility index (Phi) is 6.32. The number of nitrogens with two attached hydrogens (primary N) is 2. The van der Waals surface area contributed by atoms with Crippen LogP contribution in [0.4, 0.5) is 17.1 Å². The van der Waals surface area contributed by atoms with Crippen molar-refractivity contribution in [3.05, 3.63) is 120 Å². The van der Waals surface area contributed by atoms with Crippen molar-refractivity contribution < 1.29 is 0 Å². The van der Waals surface area contributed by atoms with Crippen LogP contribution in [0.3, 0.4) is 0 Å². The van der Waals surface area contributed by atoms with Crippen LogP contribution in [-0.2, 0) is 0 Å². The van der Waals surface area contributed by atoms with Crippen LogP contribution in [0.2, 0.25) is 0 Å². The van der Waals surface area contributed by atoms with Gasteiger partial charge in [-0.3, -0.25) is 0 Å². The second-order valence-corrected chi connectivity index (χ2v) is 6.61. The van der Waals surface area contributed by atoms with Gasteiger partial charge in [-0.25, -0.2) is 4.99 Å². The molecule has 1 aliphatic rings. The molecule has 0 heterocycles.